The van der Waals surface area contributed by atoms with Gasteiger partial charge in [0.2, 0.25) is 5.22 Å². The van der Waals surface area contributed by atoms with E-state index < -0.39 is 0 Å². The lowest BCUT2D eigenvalue weighted by Crippen LogP contribution is -1.85. The Hall–Kier alpha value is -0.660. The summed E-state index contributed by atoms with van der Waals surface area (Å²) in [6.07, 6.45) is 0. The molecule has 1 nitrogen and oxygen atoms in total. The number of halogens is 2. The standard InChI is InChI=1S/C8H5Cl2O/c9-6-8(10)11-7-4-2-1-3-5-7/h1-4,6H/b8-6+. The second kappa shape index (κ2) is 4.27. The van der Waals surface area contributed by atoms with Crippen LogP contribution in [0.5, 0.6) is 5.75 Å². The Morgan fingerprint density at radius 1 is 1.55 bits per heavy atom. The van der Waals surface area contributed by atoms with E-state index in [2.05, 4.69) is 6.07 Å². The van der Waals surface area contributed by atoms with E-state index >= 15 is 0 Å². The predicted molar refractivity (Wildman–Crippen MR) is 45.7 cm³/mol. The quantitative estimate of drug-likeness (QED) is 0.647. The maximum absolute atomic E-state index is 5.49. The van der Waals surface area contributed by atoms with E-state index in [-0.39, 0.29) is 5.22 Å². The minimum Gasteiger partial charge on any atom is -0.444 e. The molecule has 1 aromatic carbocycles. The molecule has 0 bridgehead atoms. The van der Waals surface area contributed by atoms with Crippen LogP contribution >= 0.6 is 23.2 Å². The van der Waals surface area contributed by atoms with Crippen LogP contribution in [0.2, 0.25) is 0 Å². The molecule has 1 radical (unpaired) electrons. The van der Waals surface area contributed by atoms with Crippen LogP contribution in [0.3, 0.4) is 0 Å². The highest BCUT2D eigenvalue weighted by atomic mass is 35.5. The molecule has 3 heteroatoms. The van der Waals surface area contributed by atoms with E-state index in [1.807, 2.05) is 12.1 Å². The Balaban J connectivity index is 2.65. The summed E-state index contributed by atoms with van der Waals surface area (Å²) in [6.45, 7) is 0. The van der Waals surface area contributed by atoms with Crippen molar-refractivity contribution >= 4 is 23.2 Å². The van der Waals surface area contributed by atoms with Gasteiger partial charge in [0.25, 0.3) is 0 Å². The Morgan fingerprint density at radius 3 is 2.91 bits per heavy atom. The number of hydrogen-bond acceptors (Lipinski definition) is 1. The van der Waals surface area contributed by atoms with Crippen LogP contribution < -0.4 is 4.74 Å². The van der Waals surface area contributed by atoms with E-state index in [0.29, 0.717) is 5.75 Å². The number of rotatable bonds is 2. The second-order valence-corrected chi connectivity index (χ2v) is 2.33. The number of ether oxygens (including phenoxy) is 1. The summed E-state index contributed by atoms with van der Waals surface area (Å²) in [4.78, 5) is 0. The van der Waals surface area contributed by atoms with Crippen LogP contribution in [-0.4, -0.2) is 0 Å². The van der Waals surface area contributed by atoms with Crippen molar-refractivity contribution in [2.45, 2.75) is 0 Å². The van der Waals surface area contributed by atoms with Gasteiger partial charge in [-0.3, -0.25) is 0 Å². The molecule has 0 aliphatic heterocycles. The fourth-order valence-corrected chi connectivity index (χ4v) is 0.695. The third-order valence-electron chi connectivity index (χ3n) is 0.974. The molecule has 0 saturated heterocycles. The van der Waals surface area contributed by atoms with E-state index in [9.17, 15) is 0 Å². The molecule has 0 atom stereocenters. The first-order valence-corrected chi connectivity index (χ1v) is 3.75. The zero-order valence-electron chi connectivity index (χ0n) is 5.55. The first-order chi connectivity index (χ1) is 5.33. The van der Waals surface area contributed by atoms with Gasteiger partial charge in [-0.25, -0.2) is 0 Å². The Kier molecular flexibility index (Phi) is 3.27. The minimum absolute atomic E-state index is 0.133. The van der Waals surface area contributed by atoms with Gasteiger partial charge in [-0.15, -0.1) is 0 Å². The molecule has 0 fully saturated rings. The molecule has 0 spiro atoms. The normalized spacial score (nSPS) is 11.3. The monoisotopic (exact) mass is 187 g/mol. The first kappa shape index (κ1) is 8.44. The molecule has 0 saturated carbocycles. The molecule has 1 rings (SSSR count). The Morgan fingerprint density at radius 2 is 2.36 bits per heavy atom. The molecular weight excluding hydrogens is 183 g/mol. The minimum atomic E-state index is 0.133. The van der Waals surface area contributed by atoms with E-state index in [1.54, 1.807) is 12.1 Å². The van der Waals surface area contributed by atoms with Gasteiger partial charge in [-0.1, -0.05) is 29.8 Å². The number of para-hydroxylation sites is 1. The average Bonchev–Trinajstić information content (AvgIpc) is 2.06. The molecule has 0 heterocycles. The Labute approximate surface area is 75.2 Å². The fourth-order valence-electron chi connectivity index (χ4n) is 0.568. The van der Waals surface area contributed by atoms with Crippen LogP contribution in [0.1, 0.15) is 0 Å². The van der Waals surface area contributed by atoms with E-state index in [0.717, 1.165) is 5.54 Å². The average molecular weight is 188 g/mol. The van der Waals surface area contributed by atoms with Crippen LogP contribution in [0.4, 0.5) is 0 Å². The number of hydrogen-bond donors (Lipinski definition) is 0. The highest BCUT2D eigenvalue weighted by Gasteiger charge is 1.93. The predicted octanol–water partition coefficient (Wildman–Crippen LogP) is 3.14. The van der Waals surface area contributed by atoms with E-state index in [4.69, 9.17) is 27.9 Å². The summed E-state index contributed by atoms with van der Waals surface area (Å²) in [5.41, 5.74) is 1.16. The molecule has 0 unspecified atom stereocenters. The zero-order chi connectivity index (χ0) is 8.10. The SMILES string of the molecule is Cl/C=C(\Cl)Oc1[c]cccc1. The molecular formula is C8H5Cl2O. The highest BCUT2D eigenvalue weighted by molar-refractivity contribution is 6.35. The van der Waals surface area contributed by atoms with Gasteiger partial charge >= 0.3 is 0 Å². The maximum atomic E-state index is 5.49. The van der Waals surface area contributed by atoms with Crippen LogP contribution in [0.15, 0.2) is 35.0 Å². The van der Waals surface area contributed by atoms with Gasteiger partial charge in [-0.2, -0.15) is 0 Å². The lowest BCUT2D eigenvalue weighted by molar-refractivity contribution is 0.463. The molecule has 1 aromatic rings. The van der Waals surface area contributed by atoms with Crippen molar-refractivity contribution in [2.24, 2.45) is 0 Å². The van der Waals surface area contributed by atoms with Crippen molar-refractivity contribution in [3.05, 3.63) is 41.1 Å². The molecule has 0 N–H and O–H groups in total. The fraction of sp³-hybridized carbons (Fsp3) is 0. The molecule has 0 aromatic heterocycles. The summed E-state index contributed by atoms with van der Waals surface area (Å²) < 4.78 is 5.00. The largest absolute Gasteiger partial charge is 0.444 e. The molecule has 0 aliphatic carbocycles. The van der Waals surface area contributed by atoms with Crippen molar-refractivity contribution < 1.29 is 4.74 Å². The first-order valence-electron chi connectivity index (χ1n) is 2.93. The van der Waals surface area contributed by atoms with Crippen LogP contribution in [0, 0.1) is 6.07 Å². The van der Waals surface area contributed by atoms with E-state index in [1.165, 1.54) is 0 Å². The highest BCUT2D eigenvalue weighted by Crippen LogP contribution is 2.14. The van der Waals surface area contributed by atoms with Gasteiger partial charge in [0.05, 0.1) is 5.54 Å². The lowest BCUT2D eigenvalue weighted by Gasteiger charge is -1.99. The summed E-state index contributed by atoms with van der Waals surface area (Å²) >= 11 is 10.8. The zero-order valence-corrected chi connectivity index (χ0v) is 7.06. The van der Waals surface area contributed by atoms with Gasteiger partial charge in [0.1, 0.15) is 5.75 Å². The maximum Gasteiger partial charge on any atom is 0.205 e. The van der Waals surface area contributed by atoms with Crippen molar-refractivity contribution in [1.29, 1.82) is 0 Å². The topological polar surface area (TPSA) is 9.23 Å². The van der Waals surface area contributed by atoms with Gasteiger partial charge in [0.15, 0.2) is 0 Å². The van der Waals surface area contributed by atoms with Gasteiger partial charge in [0, 0.05) is 6.07 Å². The second-order valence-electron chi connectivity index (χ2n) is 1.74. The summed E-state index contributed by atoms with van der Waals surface area (Å²) in [5, 5.41) is 0.133. The summed E-state index contributed by atoms with van der Waals surface area (Å²) in [7, 11) is 0. The van der Waals surface area contributed by atoms with Gasteiger partial charge in [-0.05, 0) is 17.7 Å². The summed E-state index contributed by atoms with van der Waals surface area (Å²) in [5.74, 6) is 0.550. The Bertz CT molecular complexity index is 244. The van der Waals surface area contributed by atoms with Crippen molar-refractivity contribution in [2.75, 3.05) is 0 Å². The smallest absolute Gasteiger partial charge is 0.205 e. The molecule has 11 heavy (non-hydrogen) atoms. The molecule has 57 valence electrons. The third kappa shape index (κ3) is 2.83. The molecule has 0 amide bonds. The van der Waals surface area contributed by atoms with Crippen LogP contribution in [0.25, 0.3) is 0 Å². The summed E-state index contributed by atoms with van der Waals surface area (Å²) in [6, 6.07) is 9.96. The van der Waals surface area contributed by atoms with Crippen molar-refractivity contribution in [1.82, 2.24) is 0 Å². The number of benzene rings is 1. The van der Waals surface area contributed by atoms with Gasteiger partial charge < -0.3 is 4.74 Å². The van der Waals surface area contributed by atoms with Crippen molar-refractivity contribution in [3.8, 4) is 5.75 Å². The third-order valence-corrected chi connectivity index (χ3v) is 1.47. The molecule has 0 aliphatic rings. The lowest BCUT2D eigenvalue weighted by atomic mass is 10.3. The van der Waals surface area contributed by atoms with Crippen molar-refractivity contribution in [3.63, 3.8) is 0 Å². The van der Waals surface area contributed by atoms with Crippen LogP contribution in [-0.2, 0) is 0 Å².